The molecule has 0 saturated carbocycles. The van der Waals surface area contributed by atoms with E-state index in [2.05, 4.69) is 41.3 Å². The van der Waals surface area contributed by atoms with Crippen LogP contribution in [-0.4, -0.2) is 42.4 Å². The zero-order valence-corrected chi connectivity index (χ0v) is 17.9. The third-order valence-electron chi connectivity index (χ3n) is 4.50. The first kappa shape index (κ1) is 20.6. The van der Waals surface area contributed by atoms with Crippen molar-refractivity contribution in [3.8, 4) is 28.6 Å². The molecule has 1 heterocycles. The van der Waals surface area contributed by atoms with Crippen molar-refractivity contribution < 1.29 is 14.2 Å². The molecule has 0 amide bonds. The van der Waals surface area contributed by atoms with E-state index >= 15 is 0 Å². The van der Waals surface area contributed by atoms with Crippen LogP contribution in [0.5, 0.6) is 17.2 Å². The van der Waals surface area contributed by atoms with Gasteiger partial charge in [0.15, 0.2) is 17.3 Å². The number of H-pyrrole nitrogens is 1. The van der Waals surface area contributed by atoms with Crippen LogP contribution in [0.3, 0.4) is 0 Å². The lowest BCUT2D eigenvalue weighted by Crippen LogP contribution is -1.99. The van der Waals surface area contributed by atoms with Crippen LogP contribution in [0.15, 0.2) is 41.5 Å². The molecule has 0 bridgehead atoms. The van der Waals surface area contributed by atoms with Gasteiger partial charge in [-0.25, -0.2) is 5.10 Å². The summed E-state index contributed by atoms with van der Waals surface area (Å²) >= 11 is 5.36. The summed E-state index contributed by atoms with van der Waals surface area (Å²) < 4.78 is 18.2. The highest BCUT2D eigenvalue weighted by molar-refractivity contribution is 7.71. The number of hydrogen-bond acceptors (Lipinski definition) is 6. The van der Waals surface area contributed by atoms with Crippen molar-refractivity contribution in [1.29, 1.82) is 0 Å². The van der Waals surface area contributed by atoms with Gasteiger partial charge < -0.3 is 14.2 Å². The van der Waals surface area contributed by atoms with E-state index in [0.29, 0.717) is 33.8 Å². The molecule has 0 radical (unpaired) electrons. The minimum atomic E-state index is 0.379. The quantitative estimate of drug-likeness (QED) is 0.452. The molecule has 152 valence electrons. The topological polar surface area (TPSA) is 73.7 Å². The first-order valence-corrected chi connectivity index (χ1v) is 9.51. The van der Waals surface area contributed by atoms with Gasteiger partial charge in [-0.05, 0) is 41.4 Å². The second-order valence-electron chi connectivity index (χ2n) is 6.64. The highest BCUT2D eigenvalue weighted by atomic mass is 32.1. The molecule has 0 aliphatic carbocycles. The fourth-order valence-corrected chi connectivity index (χ4v) is 3.07. The first-order valence-electron chi connectivity index (χ1n) is 9.10. The van der Waals surface area contributed by atoms with Gasteiger partial charge in [0, 0.05) is 5.56 Å². The van der Waals surface area contributed by atoms with Crippen LogP contribution in [0.25, 0.3) is 11.4 Å². The van der Waals surface area contributed by atoms with Gasteiger partial charge in [0.05, 0.1) is 27.5 Å². The van der Waals surface area contributed by atoms with E-state index in [-0.39, 0.29) is 0 Å². The molecule has 1 aromatic heterocycles. The van der Waals surface area contributed by atoms with E-state index < -0.39 is 0 Å². The number of aromatic nitrogens is 3. The van der Waals surface area contributed by atoms with Crippen LogP contribution in [-0.2, 0) is 0 Å². The van der Waals surface area contributed by atoms with E-state index in [9.17, 15) is 0 Å². The minimum absolute atomic E-state index is 0.379. The predicted molar refractivity (Wildman–Crippen MR) is 116 cm³/mol. The van der Waals surface area contributed by atoms with Crippen LogP contribution < -0.4 is 14.2 Å². The molecular formula is C21H24N4O3S. The van der Waals surface area contributed by atoms with E-state index in [1.807, 2.05) is 12.1 Å². The van der Waals surface area contributed by atoms with Crippen molar-refractivity contribution in [2.75, 3.05) is 21.3 Å². The molecule has 0 atom stereocenters. The number of aromatic amines is 1. The molecule has 0 spiro atoms. The van der Waals surface area contributed by atoms with Crippen molar-refractivity contribution in [2.24, 2.45) is 5.10 Å². The lowest BCUT2D eigenvalue weighted by molar-refractivity contribution is 0.324. The molecular weight excluding hydrogens is 388 g/mol. The number of nitrogens with one attached hydrogen (secondary N) is 1. The molecule has 0 unspecified atom stereocenters. The third-order valence-corrected chi connectivity index (χ3v) is 4.76. The van der Waals surface area contributed by atoms with E-state index in [0.717, 1.165) is 11.1 Å². The third kappa shape index (κ3) is 4.32. The fourth-order valence-electron chi connectivity index (χ4n) is 2.89. The fraction of sp³-hybridized carbons (Fsp3) is 0.286. The van der Waals surface area contributed by atoms with Gasteiger partial charge in [-0.3, -0.25) is 0 Å². The molecule has 7 nitrogen and oxygen atoms in total. The Morgan fingerprint density at radius 3 is 2.17 bits per heavy atom. The Balaban J connectivity index is 2.01. The Bertz CT molecular complexity index is 1040. The molecule has 8 heteroatoms. The van der Waals surface area contributed by atoms with Crippen molar-refractivity contribution in [3.63, 3.8) is 0 Å². The molecule has 1 N–H and O–H groups in total. The van der Waals surface area contributed by atoms with E-state index in [4.69, 9.17) is 26.4 Å². The van der Waals surface area contributed by atoms with Crippen LogP contribution in [0.2, 0.25) is 0 Å². The Morgan fingerprint density at radius 1 is 1.03 bits per heavy atom. The van der Waals surface area contributed by atoms with Crippen molar-refractivity contribution in [1.82, 2.24) is 14.9 Å². The summed E-state index contributed by atoms with van der Waals surface area (Å²) in [6, 6.07) is 11.9. The highest BCUT2D eigenvalue weighted by Crippen LogP contribution is 2.40. The SMILES string of the molecule is COc1cc(-c2n[nH]c(=S)n2N=Cc2ccc(C(C)C)cc2)cc(OC)c1OC. The predicted octanol–water partition coefficient (Wildman–Crippen LogP) is 4.64. The number of rotatable bonds is 7. The summed E-state index contributed by atoms with van der Waals surface area (Å²) in [6.45, 7) is 4.33. The van der Waals surface area contributed by atoms with Crippen molar-refractivity contribution in [2.45, 2.75) is 19.8 Å². The Kier molecular flexibility index (Phi) is 6.33. The lowest BCUT2D eigenvalue weighted by atomic mass is 10.0. The van der Waals surface area contributed by atoms with Crippen LogP contribution in [0, 0.1) is 4.77 Å². The van der Waals surface area contributed by atoms with Crippen molar-refractivity contribution in [3.05, 3.63) is 52.3 Å². The van der Waals surface area contributed by atoms with Gasteiger partial charge in [-0.1, -0.05) is 38.1 Å². The molecule has 3 rings (SSSR count). The van der Waals surface area contributed by atoms with Gasteiger partial charge in [0.2, 0.25) is 10.5 Å². The maximum Gasteiger partial charge on any atom is 0.216 e. The van der Waals surface area contributed by atoms with Gasteiger partial charge >= 0.3 is 0 Å². The summed E-state index contributed by atoms with van der Waals surface area (Å²) in [5, 5.41) is 11.6. The van der Waals surface area contributed by atoms with Gasteiger partial charge in [0.1, 0.15) is 0 Å². The minimum Gasteiger partial charge on any atom is -0.493 e. The van der Waals surface area contributed by atoms with E-state index in [1.165, 1.54) is 5.56 Å². The number of nitrogens with zero attached hydrogens (tertiary/aromatic N) is 3. The second-order valence-corrected chi connectivity index (χ2v) is 7.03. The molecule has 0 saturated heterocycles. The Labute approximate surface area is 174 Å². The maximum absolute atomic E-state index is 5.43. The van der Waals surface area contributed by atoms with E-state index in [1.54, 1.807) is 44.4 Å². The van der Waals surface area contributed by atoms with Gasteiger partial charge in [-0.2, -0.15) is 14.9 Å². The molecule has 29 heavy (non-hydrogen) atoms. The Morgan fingerprint density at radius 2 is 1.66 bits per heavy atom. The summed E-state index contributed by atoms with van der Waals surface area (Å²) in [4.78, 5) is 0. The van der Waals surface area contributed by atoms with Crippen molar-refractivity contribution >= 4 is 18.4 Å². The number of hydrogen-bond donors (Lipinski definition) is 1. The highest BCUT2D eigenvalue weighted by Gasteiger charge is 2.17. The second kappa shape index (κ2) is 8.91. The monoisotopic (exact) mass is 412 g/mol. The van der Waals surface area contributed by atoms with Crippen LogP contribution in [0.4, 0.5) is 0 Å². The molecule has 3 aromatic rings. The normalized spacial score (nSPS) is 11.2. The zero-order chi connectivity index (χ0) is 21.0. The number of ether oxygens (including phenoxy) is 3. The number of benzene rings is 2. The summed E-state index contributed by atoms with van der Waals surface area (Å²) in [6.07, 6.45) is 1.75. The maximum atomic E-state index is 5.43. The summed E-state index contributed by atoms with van der Waals surface area (Å²) in [7, 11) is 4.69. The number of methoxy groups -OCH3 is 3. The molecule has 0 aliphatic heterocycles. The first-order chi connectivity index (χ1) is 14.0. The molecule has 2 aromatic carbocycles. The van der Waals surface area contributed by atoms with Gasteiger partial charge in [0.25, 0.3) is 0 Å². The largest absolute Gasteiger partial charge is 0.493 e. The Hall–Kier alpha value is -3.13. The standard InChI is InChI=1S/C21H24N4O3S/c1-13(2)15-8-6-14(7-9-15)12-22-25-20(23-24-21(25)29)16-10-17(26-3)19(28-5)18(11-16)27-4/h6-13H,1-5H3,(H,24,29). The summed E-state index contributed by atoms with van der Waals surface area (Å²) in [5.74, 6) is 2.57. The molecule has 0 aliphatic rings. The zero-order valence-electron chi connectivity index (χ0n) is 17.1. The summed E-state index contributed by atoms with van der Waals surface area (Å²) in [5.41, 5.74) is 2.97. The lowest BCUT2D eigenvalue weighted by Gasteiger charge is -2.13. The van der Waals surface area contributed by atoms with Gasteiger partial charge in [-0.15, -0.1) is 0 Å². The van der Waals surface area contributed by atoms with Crippen LogP contribution in [0.1, 0.15) is 30.9 Å². The molecule has 0 fully saturated rings. The van der Waals surface area contributed by atoms with Crippen LogP contribution >= 0.6 is 12.2 Å². The smallest absolute Gasteiger partial charge is 0.216 e. The average Bonchev–Trinajstić information content (AvgIpc) is 3.11. The average molecular weight is 413 g/mol.